The van der Waals surface area contributed by atoms with Crippen LogP contribution in [-0.4, -0.2) is 18.7 Å². The molecule has 0 aliphatic heterocycles. The molecular weight excluding hydrogens is 296 g/mol. The number of alkyl halides is 6. The summed E-state index contributed by atoms with van der Waals surface area (Å²) in [6.07, 6.45) is -8.95. The molecule has 0 atom stereocenters. The van der Waals surface area contributed by atoms with Gasteiger partial charge in [-0.1, -0.05) is 11.8 Å². The molecule has 0 saturated heterocycles. The summed E-state index contributed by atoms with van der Waals surface area (Å²) < 4.78 is 76.6. The van der Waals surface area contributed by atoms with Gasteiger partial charge in [-0.05, 0) is 18.2 Å². The van der Waals surface area contributed by atoms with Gasteiger partial charge < -0.3 is 10.5 Å². The molecule has 0 spiro atoms. The van der Waals surface area contributed by atoms with Gasteiger partial charge >= 0.3 is 12.4 Å². The average Bonchev–Trinajstić information content (AvgIpc) is 2.23. The van der Waals surface area contributed by atoms with Crippen molar-refractivity contribution in [3.63, 3.8) is 0 Å². The molecule has 2 N–H and O–H groups in total. The van der Waals surface area contributed by atoms with E-state index in [9.17, 15) is 26.3 Å². The van der Waals surface area contributed by atoms with E-state index in [-0.39, 0.29) is 16.5 Å². The molecule has 0 aliphatic rings. The van der Waals surface area contributed by atoms with Crippen molar-refractivity contribution in [1.29, 1.82) is 0 Å². The summed E-state index contributed by atoms with van der Waals surface area (Å²) in [7, 11) is 0. The highest BCUT2D eigenvalue weighted by atomic mass is 32.2. The number of hydrogen-bond acceptors (Lipinski definition) is 3. The fourth-order valence-electron chi connectivity index (χ4n) is 1.12. The van der Waals surface area contributed by atoms with Gasteiger partial charge in [-0.2, -0.15) is 26.3 Å². The summed E-state index contributed by atoms with van der Waals surface area (Å²) in [6.45, 7) is -1.42. The van der Waals surface area contributed by atoms with Crippen LogP contribution in [0.1, 0.15) is 5.56 Å². The van der Waals surface area contributed by atoms with Crippen LogP contribution in [0.3, 0.4) is 0 Å². The van der Waals surface area contributed by atoms with Gasteiger partial charge in [0.15, 0.2) is 0 Å². The summed E-state index contributed by atoms with van der Waals surface area (Å²) in [4.78, 5) is 0.232. The van der Waals surface area contributed by atoms with E-state index in [4.69, 9.17) is 5.73 Å². The number of thioether (sulfide) groups is 1. The Morgan fingerprint density at radius 3 is 2.21 bits per heavy atom. The van der Waals surface area contributed by atoms with Gasteiger partial charge in [0.1, 0.15) is 6.61 Å². The number of ether oxygens (including phenoxy) is 1. The molecule has 0 amide bonds. The first-order valence-electron chi connectivity index (χ1n) is 4.83. The summed E-state index contributed by atoms with van der Waals surface area (Å²) >= 11 is 0.792. The fourth-order valence-corrected chi connectivity index (χ4v) is 1.80. The van der Waals surface area contributed by atoms with E-state index in [1.165, 1.54) is 0 Å². The Morgan fingerprint density at radius 1 is 1.11 bits per heavy atom. The number of hydrogen-bond donors (Lipinski definition) is 1. The standard InChI is InChI=1S/C10H9F6NOS/c11-9(12,13)4-18-5-19-8-2-1-6(3-7(8)17)10(14,15)16/h1-3H,4-5,17H2. The highest BCUT2D eigenvalue weighted by molar-refractivity contribution is 7.99. The van der Waals surface area contributed by atoms with E-state index in [0.29, 0.717) is 0 Å². The van der Waals surface area contributed by atoms with Gasteiger partial charge in [-0.3, -0.25) is 0 Å². The summed E-state index contributed by atoms with van der Waals surface area (Å²) in [5.74, 6) is -0.352. The number of nitrogen functional groups attached to an aromatic ring is 1. The third kappa shape index (κ3) is 5.60. The molecular formula is C10H9F6NOS. The maximum atomic E-state index is 12.3. The molecule has 0 saturated carbocycles. The number of rotatable bonds is 4. The van der Waals surface area contributed by atoms with Crippen molar-refractivity contribution in [3.05, 3.63) is 23.8 Å². The zero-order valence-electron chi connectivity index (χ0n) is 9.31. The smallest absolute Gasteiger partial charge is 0.398 e. The van der Waals surface area contributed by atoms with Crippen molar-refractivity contribution < 1.29 is 31.1 Å². The predicted octanol–water partition coefficient (Wildman–Crippen LogP) is 3.92. The second-order valence-corrected chi connectivity index (χ2v) is 4.44. The Kier molecular flexibility index (Phi) is 4.97. The lowest BCUT2D eigenvalue weighted by Crippen LogP contribution is -2.16. The second kappa shape index (κ2) is 5.91. The molecule has 0 aromatic heterocycles. The van der Waals surface area contributed by atoms with Crippen LogP contribution in [-0.2, 0) is 10.9 Å². The minimum absolute atomic E-state index is 0.157. The maximum absolute atomic E-state index is 12.3. The van der Waals surface area contributed by atoms with Gasteiger partial charge in [0, 0.05) is 10.6 Å². The molecule has 1 rings (SSSR count). The molecule has 1 aromatic carbocycles. The fraction of sp³-hybridized carbons (Fsp3) is 0.400. The average molecular weight is 305 g/mol. The van der Waals surface area contributed by atoms with Gasteiger partial charge in [0.25, 0.3) is 0 Å². The van der Waals surface area contributed by atoms with E-state index in [1.54, 1.807) is 0 Å². The van der Waals surface area contributed by atoms with Crippen molar-refractivity contribution in [2.24, 2.45) is 0 Å². The summed E-state index contributed by atoms with van der Waals surface area (Å²) in [5, 5.41) is 0. The van der Waals surface area contributed by atoms with E-state index in [0.717, 1.165) is 30.0 Å². The molecule has 2 nitrogen and oxygen atoms in total. The Labute approximate surface area is 108 Å². The first-order valence-corrected chi connectivity index (χ1v) is 5.82. The predicted molar refractivity (Wildman–Crippen MR) is 58.6 cm³/mol. The Bertz CT molecular complexity index is 431. The lowest BCUT2D eigenvalue weighted by Gasteiger charge is -2.11. The summed E-state index contributed by atoms with van der Waals surface area (Å²) in [5.41, 5.74) is 4.32. The Morgan fingerprint density at radius 2 is 1.74 bits per heavy atom. The normalized spacial score (nSPS) is 12.7. The number of halogens is 6. The van der Waals surface area contributed by atoms with Crippen LogP contribution in [0.5, 0.6) is 0 Å². The first kappa shape index (κ1) is 16.0. The number of nitrogens with two attached hydrogens (primary N) is 1. The van der Waals surface area contributed by atoms with Crippen LogP contribution in [0.15, 0.2) is 23.1 Å². The van der Waals surface area contributed by atoms with Crippen LogP contribution in [0.2, 0.25) is 0 Å². The molecule has 0 heterocycles. The molecule has 0 aliphatic carbocycles. The molecule has 9 heteroatoms. The number of benzene rings is 1. The van der Waals surface area contributed by atoms with Crippen LogP contribution in [0.4, 0.5) is 32.0 Å². The van der Waals surface area contributed by atoms with Crippen molar-refractivity contribution in [2.75, 3.05) is 18.3 Å². The molecule has 19 heavy (non-hydrogen) atoms. The van der Waals surface area contributed by atoms with E-state index in [2.05, 4.69) is 4.74 Å². The number of anilines is 1. The second-order valence-electron chi connectivity index (χ2n) is 3.48. The van der Waals surface area contributed by atoms with Crippen molar-refractivity contribution >= 4 is 17.4 Å². The monoisotopic (exact) mass is 305 g/mol. The lowest BCUT2D eigenvalue weighted by molar-refractivity contribution is -0.168. The molecule has 0 fully saturated rings. The van der Waals surface area contributed by atoms with Crippen molar-refractivity contribution in [3.8, 4) is 0 Å². The maximum Gasteiger partial charge on any atom is 0.416 e. The Hall–Kier alpha value is -1.09. The van der Waals surface area contributed by atoms with Crippen LogP contribution >= 0.6 is 11.8 Å². The molecule has 0 bridgehead atoms. The molecule has 108 valence electrons. The largest absolute Gasteiger partial charge is 0.416 e. The zero-order chi connectivity index (χ0) is 14.7. The van der Waals surface area contributed by atoms with Gasteiger partial charge in [-0.25, -0.2) is 0 Å². The van der Waals surface area contributed by atoms with Crippen LogP contribution in [0.25, 0.3) is 0 Å². The molecule has 0 radical (unpaired) electrons. The zero-order valence-corrected chi connectivity index (χ0v) is 10.1. The van der Waals surface area contributed by atoms with E-state index < -0.39 is 24.5 Å². The SMILES string of the molecule is Nc1cc(C(F)(F)F)ccc1SCOCC(F)(F)F. The molecule has 1 aromatic rings. The van der Waals surface area contributed by atoms with Crippen LogP contribution < -0.4 is 5.73 Å². The van der Waals surface area contributed by atoms with Gasteiger partial charge in [-0.15, -0.1) is 0 Å². The molecule has 0 unspecified atom stereocenters. The van der Waals surface area contributed by atoms with Gasteiger partial charge in [0.2, 0.25) is 0 Å². The Balaban J connectivity index is 2.57. The lowest BCUT2D eigenvalue weighted by atomic mass is 10.2. The van der Waals surface area contributed by atoms with E-state index in [1.807, 2.05) is 0 Å². The first-order chi connectivity index (χ1) is 8.59. The highest BCUT2D eigenvalue weighted by Crippen LogP contribution is 2.34. The van der Waals surface area contributed by atoms with Crippen molar-refractivity contribution in [2.45, 2.75) is 17.2 Å². The summed E-state index contributed by atoms with van der Waals surface area (Å²) in [6, 6.07) is 2.63. The topological polar surface area (TPSA) is 35.2 Å². The third-order valence-corrected chi connectivity index (χ3v) is 2.87. The highest BCUT2D eigenvalue weighted by Gasteiger charge is 2.31. The minimum Gasteiger partial charge on any atom is -0.398 e. The van der Waals surface area contributed by atoms with E-state index >= 15 is 0 Å². The van der Waals surface area contributed by atoms with Gasteiger partial charge in [0.05, 0.1) is 11.5 Å². The van der Waals surface area contributed by atoms with Crippen molar-refractivity contribution in [1.82, 2.24) is 0 Å². The minimum atomic E-state index is -4.51. The third-order valence-electron chi connectivity index (χ3n) is 1.90. The van der Waals surface area contributed by atoms with Crippen LogP contribution in [0, 0.1) is 0 Å². The quantitative estimate of drug-likeness (QED) is 0.301.